The highest BCUT2D eigenvalue weighted by Gasteiger charge is 2.24. The molecule has 1 N–H and O–H groups in total. The lowest BCUT2D eigenvalue weighted by Crippen LogP contribution is -2.36. The Hall–Kier alpha value is -3.25. The van der Waals surface area contributed by atoms with Gasteiger partial charge in [-0.15, -0.1) is 0 Å². The van der Waals surface area contributed by atoms with Crippen LogP contribution < -0.4 is 9.62 Å². The second-order valence-electron chi connectivity index (χ2n) is 6.19. The normalized spacial score (nSPS) is 15.4. The van der Waals surface area contributed by atoms with Crippen molar-refractivity contribution in [3.05, 3.63) is 30.3 Å². The summed E-state index contributed by atoms with van der Waals surface area (Å²) < 4.78 is 43.3. The van der Waals surface area contributed by atoms with Gasteiger partial charge >= 0.3 is 0 Å². The zero-order chi connectivity index (χ0) is 19.1. The molecule has 5 rings (SSSR count). The Balaban J connectivity index is 1.55. The molecule has 144 valence electrons. The maximum absolute atomic E-state index is 12.9. The van der Waals surface area contributed by atoms with Crippen LogP contribution in [0.3, 0.4) is 0 Å². The third-order valence-electron chi connectivity index (χ3n) is 4.53. The van der Waals surface area contributed by atoms with Gasteiger partial charge in [0.15, 0.2) is 16.6 Å². The number of morpholine rings is 1. The standard InChI is InChI=1S/C16H14N6O5S/c23-28(24,13-3-1-2-10-14(13)18-26-17-10)21-11-4-5-12(16-15(11)19-27-20-16)22-6-8-25-9-7-22/h1-5,21H,6-9H2. The minimum atomic E-state index is -3.97. The first kappa shape index (κ1) is 16.9. The highest BCUT2D eigenvalue weighted by atomic mass is 32.2. The number of nitrogens with zero attached hydrogens (tertiary/aromatic N) is 5. The van der Waals surface area contributed by atoms with Crippen molar-refractivity contribution in [1.82, 2.24) is 20.6 Å². The van der Waals surface area contributed by atoms with E-state index in [2.05, 4.69) is 34.9 Å². The number of nitrogens with one attached hydrogen (secondary N) is 1. The van der Waals surface area contributed by atoms with Crippen LogP contribution >= 0.6 is 0 Å². The number of fused-ring (bicyclic) bond motifs is 2. The number of rotatable bonds is 4. The molecule has 0 spiro atoms. The molecule has 1 aliphatic heterocycles. The summed E-state index contributed by atoms with van der Waals surface area (Å²) in [6.07, 6.45) is 0. The van der Waals surface area contributed by atoms with Crippen LogP contribution in [0.4, 0.5) is 11.4 Å². The molecular formula is C16H14N6O5S. The van der Waals surface area contributed by atoms with E-state index in [0.29, 0.717) is 42.9 Å². The summed E-state index contributed by atoms with van der Waals surface area (Å²) in [5.74, 6) is 0. The first-order chi connectivity index (χ1) is 13.6. The zero-order valence-electron chi connectivity index (χ0n) is 14.4. The van der Waals surface area contributed by atoms with Gasteiger partial charge in [0.2, 0.25) is 0 Å². The Morgan fingerprint density at radius 3 is 2.50 bits per heavy atom. The third-order valence-corrected chi connectivity index (χ3v) is 5.93. The van der Waals surface area contributed by atoms with Crippen molar-refractivity contribution >= 4 is 43.5 Å². The molecule has 28 heavy (non-hydrogen) atoms. The second kappa shape index (κ2) is 6.42. The number of sulfonamides is 1. The highest BCUT2D eigenvalue weighted by molar-refractivity contribution is 7.93. The van der Waals surface area contributed by atoms with Crippen LogP contribution in [0.2, 0.25) is 0 Å². The van der Waals surface area contributed by atoms with Crippen molar-refractivity contribution < 1.29 is 22.4 Å². The summed E-state index contributed by atoms with van der Waals surface area (Å²) in [4.78, 5) is 2.05. The molecule has 0 amide bonds. The van der Waals surface area contributed by atoms with Gasteiger partial charge in [0, 0.05) is 13.1 Å². The lowest BCUT2D eigenvalue weighted by atomic mass is 10.2. The van der Waals surface area contributed by atoms with Gasteiger partial charge in [0.25, 0.3) is 10.0 Å². The molecule has 12 heteroatoms. The maximum Gasteiger partial charge on any atom is 0.264 e. The van der Waals surface area contributed by atoms with Crippen LogP contribution in [0.25, 0.3) is 22.1 Å². The fraction of sp³-hybridized carbons (Fsp3) is 0.250. The molecule has 1 saturated heterocycles. The van der Waals surface area contributed by atoms with Crippen molar-refractivity contribution in [1.29, 1.82) is 0 Å². The van der Waals surface area contributed by atoms with E-state index >= 15 is 0 Å². The van der Waals surface area contributed by atoms with Crippen LogP contribution in [0.15, 0.2) is 44.5 Å². The molecule has 11 nitrogen and oxygen atoms in total. The van der Waals surface area contributed by atoms with Gasteiger partial charge in [-0.2, -0.15) is 0 Å². The van der Waals surface area contributed by atoms with Crippen molar-refractivity contribution in [2.45, 2.75) is 4.90 Å². The highest BCUT2D eigenvalue weighted by Crippen LogP contribution is 2.32. The fourth-order valence-electron chi connectivity index (χ4n) is 3.19. The van der Waals surface area contributed by atoms with Crippen LogP contribution in [0.5, 0.6) is 0 Å². The fourth-order valence-corrected chi connectivity index (χ4v) is 4.41. The first-order valence-electron chi connectivity index (χ1n) is 8.45. The first-order valence-corrected chi connectivity index (χ1v) is 9.94. The van der Waals surface area contributed by atoms with E-state index in [0.717, 1.165) is 5.69 Å². The molecule has 0 unspecified atom stereocenters. The SMILES string of the molecule is O=S(=O)(Nc1ccc(N2CCOCC2)c2nonc12)c1cccc2nonc12. The van der Waals surface area contributed by atoms with Crippen molar-refractivity contribution in [3.63, 3.8) is 0 Å². The number of ether oxygens (including phenoxy) is 1. The topological polar surface area (TPSA) is 136 Å². The van der Waals surface area contributed by atoms with Gasteiger partial charge < -0.3 is 9.64 Å². The molecule has 1 fully saturated rings. The van der Waals surface area contributed by atoms with Gasteiger partial charge in [-0.1, -0.05) is 6.07 Å². The molecule has 1 aliphatic rings. The average molecular weight is 402 g/mol. The van der Waals surface area contributed by atoms with E-state index in [9.17, 15) is 8.42 Å². The van der Waals surface area contributed by atoms with Gasteiger partial charge in [0.05, 0.1) is 24.6 Å². The van der Waals surface area contributed by atoms with E-state index in [4.69, 9.17) is 9.37 Å². The number of hydrogen-bond donors (Lipinski definition) is 1. The van der Waals surface area contributed by atoms with E-state index in [1.54, 1.807) is 24.3 Å². The van der Waals surface area contributed by atoms with Crippen molar-refractivity contribution in [3.8, 4) is 0 Å². The number of benzene rings is 2. The summed E-state index contributed by atoms with van der Waals surface area (Å²) >= 11 is 0. The third kappa shape index (κ3) is 2.73. The quantitative estimate of drug-likeness (QED) is 0.533. The lowest BCUT2D eigenvalue weighted by molar-refractivity contribution is 0.123. The molecular weight excluding hydrogens is 388 g/mol. The Labute approximate surface area is 158 Å². The number of hydrogen-bond acceptors (Lipinski definition) is 10. The summed E-state index contributed by atoms with van der Waals surface area (Å²) in [5, 5.41) is 15.2. The Bertz CT molecular complexity index is 1260. The molecule has 2 aromatic heterocycles. The Morgan fingerprint density at radius 1 is 0.893 bits per heavy atom. The van der Waals surface area contributed by atoms with Crippen LogP contribution in [0, 0.1) is 0 Å². The van der Waals surface area contributed by atoms with Crippen LogP contribution in [-0.2, 0) is 14.8 Å². The Morgan fingerprint density at radius 2 is 1.64 bits per heavy atom. The smallest absolute Gasteiger partial charge is 0.264 e. The maximum atomic E-state index is 12.9. The van der Waals surface area contributed by atoms with Crippen molar-refractivity contribution in [2.24, 2.45) is 0 Å². The van der Waals surface area contributed by atoms with E-state index in [1.807, 2.05) is 0 Å². The minimum absolute atomic E-state index is 0.0480. The second-order valence-corrected chi connectivity index (χ2v) is 7.84. The number of anilines is 2. The predicted molar refractivity (Wildman–Crippen MR) is 97.4 cm³/mol. The minimum Gasteiger partial charge on any atom is -0.378 e. The average Bonchev–Trinajstić information content (AvgIpc) is 3.38. The summed E-state index contributed by atoms with van der Waals surface area (Å²) in [5.41, 5.74) is 2.35. The lowest BCUT2D eigenvalue weighted by Gasteiger charge is -2.28. The molecule has 0 atom stereocenters. The van der Waals surface area contributed by atoms with Crippen molar-refractivity contribution in [2.75, 3.05) is 35.9 Å². The molecule has 0 radical (unpaired) electrons. The molecule has 0 saturated carbocycles. The van der Waals surface area contributed by atoms with Gasteiger partial charge in [-0.25, -0.2) is 17.7 Å². The monoisotopic (exact) mass is 402 g/mol. The van der Waals surface area contributed by atoms with Crippen LogP contribution in [0.1, 0.15) is 0 Å². The molecule has 0 aliphatic carbocycles. The van der Waals surface area contributed by atoms with E-state index in [1.165, 1.54) is 6.07 Å². The summed E-state index contributed by atoms with van der Waals surface area (Å²) in [6.45, 7) is 2.62. The van der Waals surface area contributed by atoms with Crippen LogP contribution in [-0.4, -0.2) is 55.3 Å². The molecule has 3 heterocycles. The largest absolute Gasteiger partial charge is 0.378 e. The van der Waals surface area contributed by atoms with Gasteiger partial charge in [0.1, 0.15) is 10.4 Å². The summed E-state index contributed by atoms with van der Waals surface area (Å²) in [6, 6.07) is 8.02. The Kier molecular flexibility index (Phi) is 3.87. The molecule has 4 aromatic rings. The molecule has 2 aromatic carbocycles. The van der Waals surface area contributed by atoms with Gasteiger partial charge in [-0.3, -0.25) is 4.72 Å². The zero-order valence-corrected chi connectivity index (χ0v) is 15.2. The predicted octanol–water partition coefficient (Wildman–Crippen LogP) is 1.40. The summed E-state index contributed by atoms with van der Waals surface area (Å²) in [7, 11) is -3.97. The number of aromatic nitrogens is 4. The van der Waals surface area contributed by atoms with E-state index < -0.39 is 10.0 Å². The molecule has 0 bridgehead atoms. The van der Waals surface area contributed by atoms with E-state index in [-0.39, 0.29) is 16.1 Å². The van der Waals surface area contributed by atoms with Gasteiger partial charge in [-0.05, 0) is 44.9 Å².